The minimum absolute atomic E-state index is 0.982. The Morgan fingerprint density at radius 3 is 1.62 bits per heavy atom. The lowest BCUT2D eigenvalue weighted by molar-refractivity contribution is 1.32. The van der Waals surface area contributed by atoms with E-state index in [2.05, 4.69) is 181 Å². The molecule has 2 aromatic heterocycles. The fourth-order valence-electron chi connectivity index (χ4n) is 9.42. The lowest BCUT2D eigenvalue weighted by atomic mass is 9.88. The third-order valence-corrected chi connectivity index (χ3v) is 12.8. The number of nitrogens with zero attached hydrogens (tertiary/aromatic N) is 1. The highest BCUT2D eigenvalue weighted by molar-refractivity contribution is 7.26. The highest BCUT2D eigenvalue weighted by atomic mass is 32.1. The van der Waals surface area contributed by atoms with Gasteiger partial charge in [-0.05, 0) is 150 Å². The van der Waals surface area contributed by atoms with Crippen molar-refractivity contribution < 1.29 is 0 Å². The molecule has 10 rings (SSSR count). The Bertz CT molecular complexity index is 3170. The van der Waals surface area contributed by atoms with Gasteiger partial charge < -0.3 is 0 Å². The van der Waals surface area contributed by atoms with E-state index in [0.29, 0.717) is 0 Å². The van der Waals surface area contributed by atoms with Gasteiger partial charge >= 0.3 is 0 Å². The lowest BCUT2D eigenvalue weighted by Gasteiger charge is -2.17. The highest BCUT2D eigenvalue weighted by Gasteiger charge is 2.17. The topological polar surface area (TPSA) is 12.9 Å². The summed E-state index contributed by atoms with van der Waals surface area (Å²) in [6.45, 7) is 13.3. The molecule has 0 aliphatic rings. The van der Waals surface area contributed by atoms with Crippen LogP contribution in [0.4, 0.5) is 0 Å². The van der Waals surface area contributed by atoms with Gasteiger partial charge in [0.15, 0.2) is 0 Å². The molecule has 0 bridgehead atoms. The molecule has 2 heterocycles. The van der Waals surface area contributed by atoms with Crippen molar-refractivity contribution in [1.82, 2.24) is 4.98 Å². The molecule has 0 fully saturated rings. The predicted molar refractivity (Wildman–Crippen MR) is 240 cm³/mol. The number of aryl methyl sites for hydroxylation is 6. The first-order valence-electron chi connectivity index (χ1n) is 19.2. The standard InChI is InChI=1S/C53H41NS/c1-30-23-32(3)50(33(4)24-30)38-17-19-41-43-21-22-48(37-12-9-11-36(27-37)40-14-10-15-45-42-13-7-8-16-49(42)55-53(40)45)54-52(43)44-20-18-39(29-47(44)46(41)28-38)51-34(5)25-31(2)26-35(51)6/h7-29H,1-6H3. The lowest BCUT2D eigenvalue weighted by Crippen LogP contribution is -1.94. The average Bonchev–Trinajstić information content (AvgIpc) is 3.56. The van der Waals surface area contributed by atoms with Gasteiger partial charge in [0.2, 0.25) is 0 Å². The van der Waals surface area contributed by atoms with Crippen molar-refractivity contribution >= 4 is 64.0 Å². The van der Waals surface area contributed by atoms with Gasteiger partial charge in [-0.2, -0.15) is 0 Å². The Balaban J connectivity index is 1.19. The van der Waals surface area contributed by atoms with E-state index in [-0.39, 0.29) is 0 Å². The number of thiophene rings is 1. The Morgan fingerprint density at radius 1 is 0.382 bits per heavy atom. The van der Waals surface area contributed by atoms with E-state index in [1.165, 1.54) is 114 Å². The van der Waals surface area contributed by atoms with Crippen LogP contribution in [-0.4, -0.2) is 4.98 Å². The van der Waals surface area contributed by atoms with Crippen molar-refractivity contribution in [3.05, 3.63) is 173 Å². The zero-order valence-corrected chi connectivity index (χ0v) is 33.0. The van der Waals surface area contributed by atoms with Crippen molar-refractivity contribution in [2.24, 2.45) is 0 Å². The Kier molecular flexibility index (Phi) is 7.76. The molecule has 0 saturated heterocycles. The molecule has 1 nitrogen and oxygen atoms in total. The normalized spacial score (nSPS) is 11.8. The first-order valence-corrected chi connectivity index (χ1v) is 20.0. The largest absolute Gasteiger partial charge is 0.247 e. The van der Waals surface area contributed by atoms with Gasteiger partial charge in [-0.25, -0.2) is 4.98 Å². The van der Waals surface area contributed by atoms with Gasteiger partial charge in [-0.1, -0.05) is 114 Å². The molecule has 55 heavy (non-hydrogen) atoms. The smallest absolute Gasteiger partial charge is 0.0794 e. The number of rotatable bonds is 4. The van der Waals surface area contributed by atoms with E-state index in [4.69, 9.17) is 4.98 Å². The number of pyridine rings is 1. The van der Waals surface area contributed by atoms with Crippen LogP contribution in [-0.2, 0) is 0 Å². The molecule has 0 aliphatic heterocycles. The third-order valence-electron chi connectivity index (χ3n) is 11.6. The van der Waals surface area contributed by atoms with Crippen LogP contribution in [0.25, 0.3) is 97.3 Å². The monoisotopic (exact) mass is 723 g/mol. The second kappa shape index (κ2) is 12.8. The molecule has 0 unspecified atom stereocenters. The summed E-state index contributed by atoms with van der Waals surface area (Å²) in [4.78, 5) is 5.53. The maximum atomic E-state index is 5.53. The van der Waals surface area contributed by atoms with E-state index in [9.17, 15) is 0 Å². The molecule has 0 aliphatic carbocycles. The van der Waals surface area contributed by atoms with Crippen LogP contribution in [0.15, 0.2) is 140 Å². The average molecular weight is 724 g/mol. The second-order valence-corrected chi connectivity index (χ2v) is 16.6. The van der Waals surface area contributed by atoms with Gasteiger partial charge in [0.25, 0.3) is 0 Å². The molecule has 0 saturated carbocycles. The molecule has 0 amide bonds. The van der Waals surface area contributed by atoms with E-state index < -0.39 is 0 Å². The summed E-state index contributed by atoms with van der Waals surface area (Å²) in [5, 5.41) is 8.72. The van der Waals surface area contributed by atoms with Gasteiger partial charge in [0.1, 0.15) is 0 Å². The summed E-state index contributed by atoms with van der Waals surface area (Å²) < 4.78 is 2.65. The van der Waals surface area contributed by atoms with Crippen molar-refractivity contribution in [3.8, 4) is 44.6 Å². The fraction of sp³-hybridized carbons (Fsp3) is 0.113. The number of aromatic nitrogens is 1. The molecule has 264 valence electrons. The number of fused-ring (bicyclic) bond motifs is 9. The first-order chi connectivity index (χ1) is 26.7. The molecule has 0 N–H and O–H groups in total. The summed E-state index contributed by atoms with van der Waals surface area (Å²) in [6.07, 6.45) is 0. The fourth-order valence-corrected chi connectivity index (χ4v) is 10.7. The van der Waals surface area contributed by atoms with Gasteiger partial charge in [-0.3, -0.25) is 0 Å². The zero-order chi connectivity index (χ0) is 37.5. The molecule has 0 atom stereocenters. The summed E-state index contributed by atoms with van der Waals surface area (Å²) in [5.74, 6) is 0. The van der Waals surface area contributed by atoms with Crippen LogP contribution >= 0.6 is 11.3 Å². The number of benzene rings is 8. The molecule has 0 radical (unpaired) electrons. The molecular formula is C53H41NS. The van der Waals surface area contributed by atoms with E-state index in [1.54, 1.807) is 0 Å². The van der Waals surface area contributed by atoms with Crippen LogP contribution in [0.1, 0.15) is 33.4 Å². The first kappa shape index (κ1) is 33.5. The molecule has 8 aromatic carbocycles. The number of hydrogen-bond donors (Lipinski definition) is 0. The summed E-state index contributed by atoms with van der Waals surface area (Å²) in [5.41, 5.74) is 18.6. The van der Waals surface area contributed by atoms with Gasteiger partial charge in [0, 0.05) is 36.5 Å². The van der Waals surface area contributed by atoms with Crippen molar-refractivity contribution in [1.29, 1.82) is 0 Å². The Labute approximate surface area is 326 Å². The quantitative estimate of drug-likeness (QED) is 0.165. The summed E-state index contributed by atoms with van der Waals surface area (Å²) >= 11 is 1.88. The van der Waals surface area contributed by atoms with Crippen LogP contribution in [0.5, 0.6) is 0 Å². The Hall–Kier alpha value is -6.09. The minimum atomic E-state index is 0.982. The van der Waals surface area contributed by atoms with Crippen LogP contribution in [0.3, 0.4) is 0 Å². The van der Waals surface area contributed by atoms with Crippen LogP contribution in [0.2, 0.25) is 0 Å². The van der Waals surface area contributed by atoms with Crippen molar-refractivity contribution in [3.63, 3.8) is 0 Å². The summed E-state index contributed by atoms with van der Waals surface area (Å²) in [7, 11) is 0. The maximum Gasteiger partial charge on any atom is 0.0794 e. The van der Waals surface area contributed by atoms with Crippen LogP contribution < -0.4 is 0 Å². The van der Waals surface area contributed by atoms with E-state index >= 15 is 0 Å². The maximum absolute atomic E-state index is 5.53. The van der Waals surface area contributed by atoms with Gasteiger partial charge in [-0.15, -0.1) is 11.3 Å². The SMILES string of the molecule is Cc1cc(C)c(-c2ccc3c(c2)c2cc(-c4c(C)cc(C)cc4C)ccc2c2nc(-c4cccc(-c5cccc6c5sc5ccccc56)c4)ccc32)c(C)c1. The van der Waals surface area contributed by atoms with E-state index in [1.807, 2.05) is 11.3 Å². The molecular weight excluding hydrogens is 683 g/mol. The molecule has 0 spiro atoms. The molecule has 10 aromatic rings. The van der Waals surface area contributed by atoms with Crippen molar-refractivity contribution in [2.45, 2.75) is 41.5 Å². The van der Waals surface area contributed by atoms with Crippen molar-refractivity contribution in [2.75, 3.05) is 0 Å². The van der Waals surface area contributed by atoms with Gasteiger partial charge in [0.05, 0.1) is 11.2 Å². The zero-order valence-electron chi connectivity index (χ0n) is 32.1. The Morgan fingerprint density at radius 2 is 0.927 bits per heavy atom. The van der Waals surface area contributed by atoms with Crippen LogP contribution in [0, 0.1) is 41.5 Å². The molecule has 2 heteroatoms. The second-order valence-electron chi connectivity index (χ2n) is 15.5. The highest BCUT2D eigenvalue weighted by Crippen LogP contribution is 2.43. The predicted octanol–water partition coefficient (Wildman–Crippen LogP) is 15.4. The summed E-state index contributed by atoms with van der Waals surface area (Å²) in [6, 6.07) is 52.2. The minimum Gasteiger partial charge on any atom is -0.247 e. The number of hydrogen-bond acceptors (Lipinski definition) is 2. The third kappa shape index (κ3) is 5.47. The van der Waals surface area contributed by atoms with E-state index in [0.717, 1.165) is 16.8 Å².